The van der Waals surface area contributed by atoms with Crippen molar-refractivity contribution in [2.24, 2.45) is 11.5 Å². The van der Waals surface area contributed by atoms with E-state index in [1.807, 2.05) is 6.20 Å². The number of aromatic nitrogens is 1. The number of nitrogens with zero attached hydrogens (tertiary/aromatic N) is 1. The largest absolute Gasteiger partial charge is 0.368 e. The molecule has 0 spiro atoms. The Labute approximate surface area is 101 Å². The summed E-state index contributed by atoms with van der Waals surface area (Å²) in [5.74, 6) is 0. The average Bonchev–Trinajstić information content (AvgIpc) is 2.74. The second-order valence-corrected chi connectivity index (χ2v) is 4.91. The summed E-state index contributed by atoms with van der Waals surface area (Å²) >= 11 is 0. The maximum absolute atomic E-state index is 6.02. The molecular weight excluding hydrogens is 212 g/mol. The second kappa shape index (κ2) is 4.05. The van der Waals surface area contributed by atoms with E-state index in [4.69, 9.17) is 11.5 Å². The van der Waals surface area contributed by atoms with Crippen molar-refractivity contribution in [2.75, 3.05) is 18.0 Å². The molecule has 90 valence electrons. The highest BCUT2D eigenvalue weighted by molar-refractivity contribution is 5.83. The lowest BCUT2D eigenvalue weighted by atomic mass is 10.0. The van der Waals surface area contributed by atoms with Crippen LogP contribution >= 0.6 is 0 Å². The van der Waals surface area contributed by atoms with Gasteiger partial charge >= 0.3 is 0 Å². The quantitative estimate of drug-likeness (QED) is 0.685. The molecule has 4 nitrogen and oxygen atoms in total. The van der Waals surface area contributed by atoms with Gasteiger partial charge in [0.1, 0.15) is 0 Å². The van der Waals surface area contributed by atoms with Crippen molar-refractivity contribution in [1.82, 2.24) is 4.98 Å². The molecule has 0 amide bonds. The number of aromatic amines is 1. The van der Waals surface area contributed by atoms with E-state index in [0.717, 1.165) is 19.5 Å². The molecular formula is C13H18N4. The normalized spacial score (nSPS) is 25.4. The molecule has 1 aromatic heterocycles. The predicted octanol–water partition coefficient (Wildman–Crippen LogP) is 1.03. The van der Waals surface area contributed by atoms with E-state index < -0.39 is 0 Å². The molecule has 0 radical (unpaired) electrons. The van der Waals surface area contributed by atoms with Crippen LogP contribution in [0.25, 0.3) is 10.9 Å². The van der Waals surface area contributed by atoms with E-state index in [1.165, 1.54) is 16.6 Å². The highest BCUT2D eigenvalue weighted by Crippen LogP contribution is 2.23. The Morgan fingerprint density at radius 2 is 1.88 bits per heavy atom. The smallest absolute Gasteiger partial charge is 0.0455 e. The summed E-state index contributed by atoms with van der Waals surface area (Å²) < 4.78 is 0. The van der Waals surface area contributed by atoms with Crippen LogP contribution < -0.4 is 16.4 Å². The first-order valence-electron chi connectivity index (χ1n) is 6.05. The van der Waals surface area contributed by atoms with Crippen molar-refractivity contribution < 1.29 is 0 Å². The van der Waals surface area contributed by atoms with Crippen molar-refractivity contribution in [3.63, 3.8) is 0 Å². The summed E-state index contributed by atoms with van der Waals surface area (Å²) in [5.41, 5.74) is 14.4. The van der Waals surface area contributed by atoms with Crippen LogP contribution in [-0.4, -0.2) is 30.2 Å². The molecule has 0 unspecified atom stereocenters. The fourth-order valence-corrected chi connectivity index (χ4v) is 2.63. The van der Waals surface area contributed by atoms with Gasteiger partial charge in [-0.15, -0.1) is 0 Å². The average molecular weight is 230 g/mol. The van der Waals surface area contributed by atoms with Crippen molar-refractivity contribution >= 4 is 16.6 Å². The number of H-pyrrole nitrogens is 1. The van der Waals surface area contributed by atoms with Crippen molar-refractivity contribution in [3.05, 3.63) is 30.5 Å². The molecule has 5 N–H and O–H groups in total. The molecule has 1 aliphatic heterocycles. The standard InChI is InChI=1S/C13H18N4/c14-10-6-11(15)8-17(7-10)12-1-2-13-9(5-12)3-4-16-13/h1-5,10-11,16H,6-8,14-15H2/t10-,11+. The Balaban J connectivity index is 1.91. The van der Waals surface area contributed by atoms with Gasteiger partial charge in [-0.05, 0) is 30.7 Å². The van der Waals surface area contributed by atoms with Crippen LogP contribution in [0.4, 0.5) is 5.69 Å². The molecule has 1 aromatic carbocycles. The van der Waals surface area contributed by atoms with E-state index in [2.05, 4.69) is 34.1 Å². The van der Waals surface area contributed by atoms with Crippen LogP contribution in [0.3, 0.4) is 0 Å². The van der Waals surface area contributed by atoms with E-state index in [1.54, 1.807) is 0 Å². The summed E-state index contributed by atoms with van der Waals surface area (Å²) in [5, 5.41) is 1.23. The van der Waals surface area contributed by atoms with Crippen LogP contribution in [0.5, 0.6) is 0 Å². The van der Waals surface area contributed by atoms with Gasteiger partial charge in [0.25, 0.3) is 0 Å². The van der Waals surface area contributed by atoms with Crippen molar-refractivity contribution in [1.29, 1.82) is 0 Å². The Kier molecular flexibility index (Phi) is 2.53. The molecule has 0 bridgehead atoms. The zero-order chi connectivity index (χ0) is 11.8. The number of benzene rings is 1. The first kappa shape index (κ1) is 10.6. The van der Waals surface area contributed by atoms with Crippen LogP contribution in [0.1, 0.15) is 6.42 Å². The fraction of sp³-hybridized carbons (Fsp3) is 0.385. The van der Waals surface area contributed by atoms with E-state index in [9.17, 15) is 0 Å². The van der Waals surface area contributed by atoms with Crippen LogP contribution in [-0.2, 0) is 0 Å². The Morgan fingerprint density at radius 1 is 1.12 bits per heavy atom. The summed E-state index contributed by atoms with van der Waals surface area (Å²) in [4.78, 5) is 5.48. The van der Waals surface area contributed by atoms with Crippen LogP contribution in [0.15, 0.2) is 30.5 Å². The van der Waals surface area contributed by atoms with Gasteiger partial charge in [0.15, 0.2) is 0 Å². The number of hydrogen-bond donors (Lipinski definition) is 3. The summed E-state index contributed by atoms with van der Waals surface area (Å²) in [6.07, 6.45) is 2.88. The zero-order valence-electron chi connectivity index (χ0n) is 9.76. The molecule has 3 rings (SSSR count). The third-order valence-electron chi connectivity index (χ3n) is 3.42. The van der Waals surface area contributed by atoms with Gasteiger partial charge in [0, 0.05) is 48.0 Å². The topological polar surface area (TPSA) is 71.1 Å². The summed E-state index contributed by atoms with van der Waals surface area (Å²) in [7, 11) is 0. The summed E-state index contributed by atoms with van der Waals surface area (Å²) in [6.45, 7) is 1.78. The number of hydrogen-bond acceptors (Lipinski definition) is 3. The minimum atomic E-state index is 0.181. The molecule has 1 fully saturated rings. The highest BCUT2D eigenvalue weighted by atomic mass is 15.2. The number of fused-ring (bicyclic) bond motifs is 1. The minimum Gasteiger partial charge on any atom is -0.368 e. The monoisotopic (exact) mass is 230 g/mol. The molecule has 0 saturated carbocycles. The van der Waals surface area contributed by atoms with E-state index >= 15 is 0 Å². The van der Waals surface area contributed by atoms with E-state index in [-0.39, 0.29) is 12.1 Å². The van der Waals surface area contributed by atoms with Gasteiger partial charge < -0.3 is 21.4 Å². The van der Waals surface area contributed by atoms with Gasteiger partial charge in [0.05, 0.1) is 0 Å². The number of rotatable bonds is 1. The SMILES string of the molecule is N[C@@H]1C[C@H](N)CN(c2ccc3[nH]ccc3c2)C1. The van der Waals surface area contributed by atoms with Gasteiger partial charge in [-0.1, -0.05) is 0 Å². The Hall–Kier alpha value is -1.52. The molecule has 1 saturated heterocycles. The highest BCUT2D eigenvalue weighted by Gasteiger charge is 2.22. The lowest BCUT2D eigenvalue weighted by Gasteiger charge is -2.36. The molecule has 2 atom stereocenters. The molecule has 0 aliphatic carbocycles. The lowest BCUT2D eigenvalue weighted by molar-refractivity contribution is 0.452. The molecule has 2 aromatic rings. The number of piperidine rings is 1. The van der Waals surface area contributed by atoms with Crippen molar-refractivity contribution in [2.45, 2.75) is 18.5 Å². The third kappa shape index (κ3) is 2.01. The van der Waals surface area contributed by atoms with Crippen LogP contribution in [0, 0.1) is 0 Å². The lowest BCUT2D eigenvalue weighted by Crippen LogP contribution is -2.52. The second-order valence-electron chi connectivity index (χ2n) is 4.91. The zero-order valence-corrected chi connectivity index (χ0v) is 9.76. The number of nitrogens with two attached hydrogens (primary N) is 2. The predicted molar refractivity (Wildman–Crippen MR) is 71.1 cm³/mol. The maximum atomic E-state index is 6.02. The molecule has 17 heavy (non-hydrogen) atoms. The Bertz CT molecular complexity index is 509. The Morgan fingerprint density at radius 3 is 2.65 bits per heavy atom. The number of nitrogens with one attached hydrogen (secondary N) is 1. The van der Waals surface area contributed by atoms with Crippen molar-refractivity contribution in [3.8, 4) is 0 Å². The van der Waals surface area contributed by atoms with E-state index in [0.29, 0.717) is 0 Å². The maximum Gasteiger partial charge on any atom is 0.0455 e. The molecule has 4 heteroatoms. The number of anilines is 1. The van der Waals surface area contributed by atoms with Crippen LogP contribution in [0.2, 0.25) is 0 Å². The van der Waals surface area contributed by atoms with Gasteiger partial charge in [0.2, 0.25) is 0 Å². The van der Waals surface area contributed by atoms with Gasteiger partial charge in [-0.25, -0.2) is 0 Å². The third-order valence-corrected chi connectivity index (χ3v) is 3.42. The fourth-order valence-electron chi connectivity index (χ4n) is 2.63. The first-order valence-corrected chi connectivity index (χ1v) is 6.05. The van der Waals surface area contributed by atoms with Gasteiger partial charge in [-0.2, -0.15) is 0 Å². The first-order chi connectivity index (χ1) is 8.22. The molecule has 2 heterocycles. The summed E-state index contributed by atoms with van der Waals surface area (Å²) in [6, 6.07) is 8.88. The minimum absolute atomic E-state index is 0.181. The van der Waals surface area contributed by atoms with Gasteiger partial charge in [-0.3, -0.25) is 0 Å². The molecule has 1 aliphatic rings.